The number of hydrogen-bond acceptors (Lipinski definition) is 3. The maximum atomic E-state index is 12.5. The van der Waals surface area contributed by atoms with Crippen molar-refractivity contribution in [2.45, 2.75) is 83.8 Å². The quantitative estimate of drug-likeness (QED) is 0.255. The second-order valence-corrected chi connectivity index (χ2v) is 10.3. The number of ketones is 2. The highest BCUT2D eigenvalue weighted by Crippen LogP contribution is 2.40. The van der Waals surface area contributed by atoms with E-state index in [2.05, 4.69) is 47.4 Å². The summed E-state index contributed by atoms with van der Waals surface area (Å²) in [6, 6.07) is 7.59. The third kappa shape index (κ3) is 5.92. The lowest BCUT2D eigenvalue weighted by Crippen LogP contribution is -2.43. The number of carbonyl (C=O) groups is 2. The van der Waals surface area contributed by atoms with Crippen LogP contribution in [-0.2, 0) is 17.8 Å². The second-order valence-electron chi connectivity index (χ2n) is 10.3. The van der Waals surface area contributed by atoms with Crippen molar-refractivity contribution in [3.63, 3.8) is 0 Å². The molecule has 0 amide bonds. The molecule has 0 radical (unpaired) electrons. The number of hydrogen-bond donors (Lipinski definition) is 0. The normalized spacial score (nSPS) is 22.5. The van der Waals surface area contributed by atoms with Gasteiger partial charge in [-0.25, -0.2) is 0 Å². The molecule has 2 unspecified atom stereocenters. The van der Waals surface area contributed by atoms with Gasteiger partial charge in [-0.2, -0.15) is 0 Å². The zero-order chi connectivity index (χ0) is 24.8. The van der Waals surface area contributed by atoms with E-state index in [4.69, 9.17) is 0 Å². The Morgan fingerprint density at radius 3 is 2.54 bits per heavy atom. The van der Waals surface area contributed by atoms with Crippen LogP contribution in [0.2, 0.25) is 0 Å². The molecule has 2 saturated heterocycles. The highest BCUT2D eigenvalue weighted by Gasteiger charge is 2.40. The Morgan fingerprint density at radius 2 is 1.86 bits per heavy atom. The van der Waals surface area contributed by atoms with E-state index < -0.39 is 0 Å². The fraction of sp³-hybridized carbons (Fsp3) is 0.484. The molecular formula is C31H40N2O2. The smallest absolute Gasteiger partial charge is 0.161 e. The molecule has 2 aromatic rings. The first kappa shape index (κ1) is 25.4. The molecule has 0 saturated carbocycles. The summed E-state index contributed by atoms with van der Waals surface area (Å²) in [5, 5.41) is 1.09. The molecule has 0 spiro atoms. The number of Topliss-reactive ketones (excluding diaryl/α,β-unsaturated/α-hetero) is 2. The van der Waals surface area contributed by atoms with Crippen molar-refractivity contribution in [2.24, 2.45) is 5.92 Å². The standard InChI is InChI=1S/C31H40N2O2/c1-4-6-7-8-9-13-28(35)21-24-19-26-15-16-27(20-24)33(26)18-11-17-32-22-30(23(3)34)29-14-10-12-25(5-2)31(29)32/h4,6-10,12,14,22,24,26-27H,1,5,11,13,15-21H2,2-3H3/b7-6-,9-8-. The molecule has 2 aliphatic rings. The largest absolute Gasteiger partial charge is 0.346 e. The first-order valence-electron chi connectivity index (χ1n) is 13.3. The third-order valence-electron chi connectivity index (χ3n) is 7.90. The predicted molar refractivity (Wildman–Crippen MR) is 145 cm³/mol. The summed E-state index contributed by atoms with van der Waals surface area (Å²) in [5.74, 6) is 1.03. The predicted octanol–water partition coefficient (Wildman–Crippen LogP) is 6.69. The summed E-state index contributed by atoms with van der Waals surface area (Å²) in [7, 11) is 0. The summed E-state index contributed by atoms with van der Waals surface area (Å²) >= 11 is 0. The van der Waals surface area contributed by atoms with E-state index >= 15 is 0 Å². The van der Waals surface area contributed by atoms with Crippen molar-refractivity contribution in [3.05, 3.63) is 72.5 Å². The molecule has 0 N–H and O–H groups in total. The van der Waals surface area contributed by atoms with E-state index in [-0.39, 0.29) is 5.78 Å². The van der Waals surface area contributed by atoms with Crippen LogP contribution in [0.5, 0.6) is 0 Å². The number of aryl methyl sites for hydroxylation is 2. The van der Waals surface area contributed by atoms with Crippen LogP contribution >= 0.6 is 0 Å². The van der Waals surface area contributed by atoms with Gasteiger partial charge in [0.05, 0.1) is 5.52 Å². The molecule has 1 aromatic heterocycles. The molecule has 186 valence electrons. The van der Waals surface area contributed by atoms with Crippen molar-refractivity contribution < 1.29 is 9.59 Å². The lowest BCUT2D eigenvalue weighted by atomic mass is 9.86. The molecule has 2 bridgehead atoms. The molecular weight excluding hydrogens is 432 g/mol. The number of piperidine rings is 1. The van der Waals surface area contributed by atoms with Gasteiger partial charge < -0.3 is 4.57 Å². The van der Waals surface area contributed by atoms with Gasteiger partial charge >= 0.3 is 0 Å². The van der Waals surface area contributed by atoms with Gasteiger partial charge in [0.2, 0.25) is 0 Å². The highest BCUT2D eigenvalue weighted by atomic mass is 16.1. The van der Waals surface area contributed by atoms with E-state index in [9.17, 15) is 9.59 Å². The van der Waals surface area contributed by atoms with Crippen LogP contribution in [0.15, 0.2) is 61.4 Å². The van der Waals surface area contributed by atoms with E-state index in [1.54, 1.807) is 13.0 Å². The minimum absolute atomic E-state index is 0.139. The van der Waals surface area contributed by atoms with Gasteiger partial charge in [-0.15, -0.1) is 0 Å². The Bertz CT molecular complexity index is 1110. The first-order chi connectivity index (χ1) is 17.0. The summed E-state index contributed by atoms with van der Waals surface area (Å²) in [5.41, 5.74) is 3.38. The van der Waals surface area contributed by atoms with Crippen LogP contribution in [0.1, 0.15) is 74.7 Å². The SMILES string of the molecule is C=C/C=C\C=C/CC(=O)CC1CC2CCC(C1)N2CCCn1cc(C(C)=O)c2cccc(CC)c21. The topological polar surface area (TPSA) is 42.3 Å². The lowest BCUT2D eigenvalue weighted by molar-refractivity contribution is -0.119. The van der Waals surface area contributed by atoms with Crippen LogP contribution in [0, 0.1) is 5.92 Å². The van der Waals surface area contributed by atoms with E-state index in [0.29, 0.717) is 30.2 Å². The fourth-order valence-electron chi connectivity index (χ4n) is 6.35. The maximum absolute atomic E-state index is 12.5. The Labute approximate surface area is 210 Å². The van der Waals surface area contributed by atoms with Crippen molar-refractivity contribution in [1.29, 1.82) is 0 Å². The van der Waals surface area contributed by atoms with Gasteiger partial charge in [-0.05, 0) is 56.9 Å². The van der Waals surface area contributed by atoms with E-state index in [0.717, 1.165) is 56.1 Å². The molecule has 3 heterocycles. The molecule has 2 atom stereocenters. The number of carbonyl (C=O) groups excluding carboxylic acids is 2. The van der Waals surface area contributed by atoms with Crippen LogP contribution in [0.25, 0.3) is 10.9 Å². The molecule has 2 fully saturated rings. The summed E-state index contributed by atoms with van der Waals surface area (Å²) in [6.45, 7) is 9.53. The molecule has 35 heavy (non-hydrogen) atoms. The molecule has 4 nitrogen and oxygen atoms in total. The number of benzene rings is 1. The number of rotatable bonds is 12. The first-order valence-corrected chi connectivity index (χ1v) is 13.3. The molecule has 4 heteroatoms. The van der Waals surface area contributed by atoms with Crippen molar-refractivity contribution in [3.8, 4) is 0 Å². The number of nitrogens with zero attached hydrogens (tertiary/aromatic N) is 2. The molecule has 0 aliphatic carbocycles. The number of para-hydroxylation sites is 1. The van der Waals surface area contributed by atoms with Gasteiger partial charge in [0.15, 0.2) is 5.78 Å². The average molecular weight is 473 g/mol. The fourth-order valence-corrected chi connectivity index (χ4v) is 6.35. The highest BCUT2D eigenvalue weighted by molar-refractivity contribution is 6.07. The summed E-state index contributed by atoms with van der Waals surface area (Å²) in [6.07, 6.45) is 19.6. The Morgan fingerprint density at radius 1 is 1.09 bits per heavy atom. The summed E-state index contributed by atoms with van der Waals surface area (Å²) in [4.78, 5) is 27.4. The van der Waals surface area contributed by atoms with Gasteiger partial charge in [-0.1, -0.05) is 62.1 Å². The third-order valence-corrected chi connectivity index (χ3v) is 7.90. The van der Waals surface area contributed by atoms with Gasteiger partial charge in [-0.3, -0.25) is 14.5 Å². The van der Waals surface area contributed by atoms with E-state index in [1.165, 1.54) is 23.9 Å². The number of allylic oxidation sites excluding steroid dienone is 5. The van der Waals surface area contributed by atoms with Gasteiger partial charge in [0.25, 0.3) is 0 Å². The molecule has 2 aliphatic heterocycles. The number of aromatic nitrogens is 1. The van der Waals surface area contributed by atoms with Gasteiger partial charge in [0, 0.05) is 55.2 Å². The lowest BCUT2D eigenvalue weighted by Gasteiger charge is -2.39. The Kier molecular flexibility index (Phi) is 8.56. The number of fused-ring (bicyclic) bond motifs is 3. The van der Waals surface area contributed by atoms with Crippen LogP contribution < -0.4 is 0 Å². The van der Waals surface area contributed by atoms with Crippen LogP contribution in [0.4, 0.5) is 0 Å². The monoisotopic (exact) mass is 472 g/mol. The Balaban J connectivity index is 1.32. The average Bonchev–Trinajstić information content (AvgIpc) is 3.33. The van der Waals surface area contributed by atoms with Gasteiger partial charge in [0.1, 0.15) is 5.78 Å². The van der Waals surface area contributed by atoms with E-state index in [1.807, 2.05) is 24.3 Å². The minimum Gasteiger partial charge on any atom is -0.346 e. The minimum atomic E-state index is 0.139. The van der Waals surface area contributed by atoms with Crippen molar-refractivity contribution in [2.75, 3.05) is 6.54 Å². The zero-order valence-corrected chi connectivity index (χ0v) is 21.4. The second kappa shape index (κ2) is 11.8. The molecule has 1 aromatic carbocycles. The molecule has 4 rings (SSSR count). The van der Waals surface area contributed by atoms with Crippen molar-refractivity contribution in [1.82, 2.24) is 9.47 Å². The maximum Gasteiger partial charge on any atom is 0.161 e. The van der Waals surface area contributed by atoms with Crippen molar-refractivity contribution >= 4 is 22.5 Å². The summed E-state index contributed by atoms with van der Waals surface area (Å²) < 4.78 is 2.32. The van der Waals surface area contributed by atoms with Crippen LogP contribution in [0.3, 0.4) is 0 Å². The Hall–Kier alpha value is -2.72. The zero-order valence-electron chi connectivity index (χ0n) is 21.4. The van der Waals surface area contributed by atoms with Crippen LogP contribution in [-0.4, -0.2) is 39.7 Å².